The number of nitrogens with zero attached hydrogens (tertiary/aromatic N) is 1. The number of aromatic carboxylic acids is 1. The Bertz CT molecular complexity index is 1270. The van der Waals surface area contributed by atoms with Gasteiger partial charge in [-0.15, -0.1) is 0 Å². The highest BCUT2D eigenvalue weighted by atomic mass is 16.5. The van der Waals surface area contributed by atoms with Crippen molar-refractivity contribution in [2.24, 2.45) is 0 Å². The molecule has 1 aliphatic heterocycles. The van der Waals surface area contributed by atoms with E-state index in [9.17, 15) is 19.5 Å². The number of rotatable bonds is 5. The van der Waals surface area contributed by atoms with Gasteiger partial charge in [0, 0.05) is 18.2 Å². The molecule has 1 heterocycles. The van der Waals surface area contributed by atoms with Crippen LogP contribution >= 0.6 is 0 Å². The van der Waals surface area contributed by atoms with Crippen LogP contribution in [0.25, 0.3) is 11.1 Å². The number of carbonyl (C=O) groups is 3. The van der Waals surface area contributed by atoms with E-state index in [1.807, 2.05) is 36.4 Å². The number of hydrogen-bond acceptors (Lipinski definition) is 4. The summed E-state index contributed by atoms with van der Waals surface area (Å²) in [4.78, 5) is 38.9. The summed E-state index contributed by atoms with van der Waals surface area (Å²) < 4.78 is 5.57. The van der Waals surface area contributed by atoms with E-state index in [1.54, 1.807) is 30.0 Å². The molecule has 1 aliphatic carbocycles. The van der Waals surface area contributed by atoms with Gasteiger partial charge >= 0.3 is 12.1 Å². The molecular formula is C28H26N2O5. The minimum atomic E-state index is -1.01. The topological polar surface area (TPSA) is 95.9 Å². The molecule has 7 heteroatoms. The quantitative estimate of drug-likeness (QED) is 0.569. The van der Waals surface area contributed by atoms with Gasteiger partial charge < -0.3 is 20.1 Å². The molecule has 2 aliphatic rings. The van der Waals surface area contributed by atoms with Crippen LogP contribution in [0.2, 0.25) is 0 Å². The second kappa shape index (κ2) is 9.25. The van der Waals surface area contributed by atoms with Crippen LogP contribution in [-0.4, -0.2) is 42.3 Å². The predicted molar refractivity (Wildman–Crippen MR) is 132 cm³/mol. The Morgan fingerprint density at radius 2 is 1.66 bits per heavy atom. The minimum absolute atomic E-state index is 0.0671. The first-order valence-electron chi connectivity index (χ1n) is 11.7. The zero-order valence-corrected chi connectivity index (χ0v) is 19.4. The SMILES string of the molecule is CC(NC(=O)OCC1c2ccccc2-c2ccccc21)C(=O)N1CCCc2c(C(=O)O)cccc21. The van der Waals surface area contributed by atoms with Crippen molar-refractivity contribution in [3.05, 3.63) is 89.0 Å². The van der Waals surface area contributed by atoms with E-state index in [1.165, 1.54) is 0 Å². The van der Waals surface area contributed by atoms with Gasteiger partial charge in [-0.2, -0.15) is 0 Å². The van der Waals surface area contributed by atoms with Gasteiger partial charge in [-0.25, -0.2) is 9.59 Å². The molecule has 0 spiro atoms. The number of alkyl carbamates (subject to hydrolysis) is 1. The van der Waals surface area contributed by atoms with Crippen molar-refractivity contribution in [1.82, 2.24) is 5.32 Å². The molecule has 0 radical (unpaired) electrons. The van der Waals surface area contributed by atoms with Gasteiger partial charge in [0.2, 0.25) is 5.91 Å². The fourth-order valence-corrected chi connectivity index (χ4v) is 5.17. The zero-order chi connectivity index (χ0) is 24.5. The summed E-state index contributed by atoms with van der Waals surface area (Å²) in [6, 6.07) is 20.3. The first-order valence-corrected chi connectivity index (χ1v) is 11.7. The summed E-state index contributed by atoms with van der Waals surface area (Å²) in [6.45, 7) is 2.24. The summed E-state index contributed by atoms with van der Waals surface area (Å²) in [7, 11) is 0. The molecule has 1 atom stereocenters. The number of carboxylic acids is 1. The lowest BCUT2D eigenvalue weighted by Gasteiger charge is -2.32. The number of benzene rings is 3. The lowest BCUT2D eigenvalue weighted by molar-refractivity contribution is -0.120. The maximum Gasteiger partial charge on any atom is 0.407 e. The van der Waals surface area contributed by atoms with Crippen LogP contribution in [0.3, 0.4) is 0 Å². The molecule has 2 N–H and O–H groups in total. The van der Waals surface area contributed by atoms with Crippen molar-refractivity contribution in [2.45, 2.75) is 31.7 Å². The van der Waals surface area contributed by atoms with Crippen LogP contribution in [-0.2, 0) is 16.0 Å². The van der Waals surface area contributed by atoms with E-state index in [0.717, 1.165) is 22.3 Å². The monoisotopic (exact) mass is 470 g/mol. The van der Waals surface area contributed by atoms with Crippen LogP contribution < -0.4 is 10.2 Å². The summed E-state index contributed by atoms with van der Waals surface area (Å²) >= 11 is 0. The summed E-state index contributed by atoms with van der Waals surface area (Å²) in [5.41, 5.74) is 5.96. The molecule has 1 unspecified atom stereocenters. The van der Waals surface area contributed by atoms with Crippen molar-refractivity contribution < 1.29 is 24.2 Å². The van der Waals surface area contributed by atoms with E-state index in [-0.39, 0.29) is 24.0 Å². The van der Waals surface area contributed by atoms with E-state index in [4.69, 9.17) is 4.74 Å². The molecule has 2 amide bonds. The maximum atomic E-state index is 13.2. The fraction of sp³-hybridized carbons (Fsp3) is 0.250. The Hall–Kier alpha value is -4.13. The number of ether oxygens (including phenoxy) is 1. The summed E-state index contributed by atoms with van der Waals surface area (Å²) in [6.07, 6.45) is 0.584. The molecule has 7 nitrogen and oxygen atoms in total. The number of fused-ring (bicyclic) bond motifs is 4. The van der Waals surface area contributed by atoms with Crippen molar-refractivity contribution >= 4 is 23.7 Å². The van der Waals surface area contributed by atoms with E-state index in [0.29, 0.717) is 30.6 Å². The lowest BCUT2D eigenvalue weighted by Crippen LogP contribution is -2.49. The van der Waals surface area contributed by atoms with Gasteiger partial charge in [-0.3, -0.25) is 4.79 Å². The third kappa shape index (κ3) is 4.14. The highest BCUT2D eigenvalue weighted by Gasteiger charge is 2.31. The third-order valence-electron chi connectivity index (χ3n) is 6.80. The largest absolute Gasteiger partial charge is 0.478 e. The molecule has 35 heavy (non-hydrogen) atoms. The summed E-state index contributed by atoms with van der Waals surface area (Å²) in [5.74, 6) is -1.38. The molecule has 5 rings (SSSR count). The lowest BCUT2D eigenvalue weighted by atomic mass is 9.96. The average molecular weight is 471 g/mol. The third-order valence-corrected chi connectivity index (χ3v) is 6.80. The number of nitrogens with one attached hydrogen (secondary N) is 1. The highest BCUT2D eigenvalue weighted by Crippen LogP contribution is 2.44. The predicted octanol–water partition coefficient (Wildman–Crippen LogP) is 4.59. The molecule has 0 bridgehead atoms. The average Bonchev–Trinajstić information content (AvgIpc) is 3.20. The molecule has 0 saturated carbocycles. The van der Waals surface area contributed by atoms with Crippen LogP contribution in [0.4, 0.5) is 10.5 Å². The van der Waals surface area contributed by atoms with Crippen LogP contribution in [0, 0.1) is 0 Å². The van der Waals surface area contributed by atoms with Gasteiger partial charge in [-0.05, 0) is 59.7 Å². The molecule has 0 fully saturated rings. The van der Waals surface area contributed by atoms with E-state index >= 15 is 0 Å². The molecular weight excluding hydrogens is 444 g/mol. The standard InChI is InChI=1S/C28H26N2O5/c1-17(26(31)30-15-7-13-22-23(27(32)33)12-6-14-25(22)30)29-28(34)35-16-24-20-10-4-2-8-18(20)19-9-3-5-11-21(19)24/h2-6,8-12,14,17,24H,7,13,15-16H2,1H3,(H,29,34)(H,32,33). The number of hydrogen-bond donors (Lipinski definition) is 2. The summed E-state index contributed by atoms with van der Waals surface area (Å²) in [5, 5.41) is 12.1. The van der Waals surface area contributed by atoms with Crippen LogP contribution in [0.15, 0.2) is 66.7 Å². The first kappa shape index (κ1) is 22.7. The Morgan fingerprint density at radius 1 is 1.00 bits per heavy atom. The Balaban J connectivity index is 1.26. The van der Waals surface area contributed by atoms with Gasteiger partial charge in [0.05, 0.1) is 5.56 Å². The smallest absolute Gasteiger partial charge is 0.407 e. The highest BCUT2D eigenvalue weighted by molar-refractivity contribution is 6.01. The number of amides is 2. The van der Waals surface area contributed by atoms with Crippen molar-refractivity contribution in [2.75, 3.05) is 18.1 Å². The van der Waals surface area contributed by atoms with Crippen LogP contribution in [0.1, 0.15) is 46.3 Å². The van der Waals surface area contributed by atoms with Gasteiger partial charge in [0.1, 0.15) is 12.6 Å². The van der Waals surface area contributed by atoms with Gasteiger partial charge in [0.15, 0.2) is 0 Å². The minimum Gasteiger partial charge on any atom is -0.478 e. The Kier molecular flexibility index (Phi) is 5.99. The fourth-order valence-electron chi connectivity index (χ4n) is 5.17. The van der Waals surface area contributed by atoms with E-state index < -0.39 is 18.1 Å². The molecule has 3 aromatic carbocycles. The molecule has 3 aromatic rings. The number of carboxylic acid groups (broad SMARTS) is 1. The van der Waals surface area contributed by atoms with Gasteiger partial charge in [-0.1, -0.05) is 54.6 Å². The van der Waals surface area contributed by atoms with Crippen molar-refractivity contribution in [1.29, 1.82) is 0 Å². The number of carbonyl (C=O) groups excluding carboxylic acids is 2. The Labute approximate surface area is 203 Å². The Morgan fingerprint density at radius 3 is 2.31 bits per heavy atom. The molecule has 178 valence electrons. The van der Waals surface area contributed by atoms with Crippen molar-refractivity contribution in [3.8, 4) is 11.1 Å². The molecule has 0 aromatic heterocycles. The molecule has 0 saturated heterocycles. The van der Waals surface area contributed by atoms with Gasteiger partial charge in [0.25, 0.3) is 0 Å². The number of anilines is 1. The second-order valence-electron chi connectivity index (χ2n) is 8.89. The van der Waals surface area contributed by atoms with Crippen LogP contribution in [0.5, 0.6) is 0 Å². The second-order valence-corrected chi connectivity index (χ2v) is 8.89. The maximum absolute atomic E-state index is 13.2. The normalized spacial score (nSPS) is 14.9. The zero-order valence-electron chi connectivity index (χ0n) is 19.4. The van der Waals surface area contributed by atoms with E-state index in [2.05, 4.69) is 17.4 Å². The first-order chi connectivity index (χ1) is 17.0. The van der Waals surface area contributed by atoms with Crippen molar-refractivity contribution in [3.63, 3.8) is 0 Å².